The van der Waals surface area contributed by atoms with E-state index in [0.717, 1.165) is 22.7 Å². The number of rotatable bonds is 3. The van der Waals surface area contributed by atoms with E-state index in [0.29, 0.717) is 12.2 Å². The molecule has 2 atom stereocenters. The molecule has 0 fully saturated rings. The highest BCUT2D eigenvalue weighted by Crippen LogP contribution is 2.36. The van der Waals surface area contributed by atoms with Crippen LogP contribution >= 0.6 is 0 Å². The molecule has 1 heterocycles. The number of anilines is 3. The van der Waals surface area contributed by atoms with Crippen LogP contribution in [-0.2, 0) is 4.79 Å². The predicted octanol–water partition coefficient (Wildman–Crippen LogP) is 3.19. The fraction of sp³-hybridized carbons (Fsp3) is 0.316. The SMILES string of the molecule is Cc1ccccc1NC(=O)C(C)N1CC(C)Oc2ccc(N)cc21. The first-order valence-corrected chi connectivity index (χ1v) is 8.15. The second kappa shape index (κ2) is 6.43. The van der Waals surface area contributed by atoms with Crippen LogP contribution in [0.5, 0.6) is 5.75 Å². The second-order valence-electron chi connectivity index (χ2n) is 6.29. The topological polar surface area (TPSA) is 67.6 Å². The zero-order valence-electron chi connectivity index (χ0n) is 14.2. The van der Waals surface area contributed by atoms with E-state index in [1.54, 1.807) is 0 Å². The number of nitrogens with one attached hydrogen (secondary N) is 1. The number of hydrogen-bond donors (Lipinski definition) is 2. The van der Waals surface area contributed by atoms with Gasteiger partial charge in [-0.1, -0.05) is 18.2 Å². The van der Waals surface area contributed by atoms with Gasteiger partial charge < -0.3 is 20.7 Å². The molecular weight excluding hydrogens is 302 g/mol. The van der Waals surface area contributed by atoms with Crippen molar-refractivity contribution in [3.8, 4) is 5.75 Å². The Bertz CT molecular complexity index is 760. The highest BCUT2D eigenvalue weighted by Gasteiger charge is 2.30. The Morgan fingerprint density at radius 3 is 2.83 bits per heavy atom. The summed E-state index contributed by atoms with van der Waals surface area (Å²) in [5.74, 6) is 0.713. The molecule has 2 aromatic carbocycles. The number of carbonyl (C=O) groups excluding carboxylic acids is 1. The maximum Gasteiger partial charge on any atom is 0.246 e. The lowest BCUT2D eigenvalue weighted by atomic mass is 10.1. The Balaban J connectivity index is 1.84. The Labute approximate surface area is 142 Å². The fourth-order valence-corrected chi connectivity index (χ4v) is 2.95. The summed E-state index contributed by atoms with van der Waals surface area (Å²) in [5, 5.41) is 3.01. The molecule has 0 saturated heterocycles. The molecule has 1 aliphatic heterocycles. The highest BCUT2D eigenvalue weighted by atomic mass is 16.5. The van der Waals surface area contributed by atoms with Gasteiger partial charge >= 0.3 is 0 Å². The molecule has 2 aromatic rings. The zero-order valence-corrected chi connectivity index (χ0v) is 14.2. The maximum atomic E-state index is 12.7. The van der Waals surface area contributed by atoms with Gasteiger partial charge in [-0.15, -0.1) is 0 Å². The number of hydrogen-bond acceptors (Lipinski definition) is 4. The van der Waals surface area contributed by atoms with Gasteiger partial charge in [0.15, 0.2) is 0 Å². The smallest absolute Gasteiger partial charge is 0.246 e. The van der Waals surface area contributed by atoms with E-state index in [1.165, 1.54) is 0 Å². The van der Waals surface area contributed by atoms with Gasteiger partial charge in [0, 0.05) is 11.4 Å². The van der Waals surface area contributed by atoms with Crippen molar-refractivity contribution in [1.82, 2.24) is 0 Å². The lowest BCUT2D eigenvalue weighted by Crippen LogP contribution is -2.48. The van der Waals surface area contributed by atoms with Crippen molar-refractivity contribution in [2.45, 2.75) is 32.9 Å². The number of nitrogens with two attached hydrogens (primary N) is 1. The van der Waals surface area contributed by atoms with Crippen LogP contribution in [0.1, 0.15) is 19.4 Å². The Hall–Kier alpha value is -2.69. The normalized spacial score (nSPS) is 17.6. The summed E-state index contributed by atoms with van der Waals surface area (Å²) in [6, 6.07) is 13.0. The van der Waals surface area contributed by atoms with E-state index in [1.807, 2.05) is 68.1 Å². The fourth-order valence-electron chi connectivity index (χ4n) is 2.95. The molecule has 0 bridgehead atoms. The molecule has 0 aromatic heterocycles. The first-order chi connectivity index (χ1) is 11.5. The van der Waals surface area contributed by atoms with Crippen molar-refractivity contribution >= 4 is 23.0 Å². The number of para-hydroxylation sites is 1. The van der Waals surface area contributed by atoms with E-state index in [-0.39, 0.29) is 18.1 Å². The van der Waals surface area contributed by atoms with Crippen molar-refractivity contribution in [3.63, 3.8) is 0 Å². The average molecular weight is 325 g/mol. The quantitative estimate of drug-likeness (QED) is 0.851. The van der Waals surface area contributed by atoms with Gasteiger partial charge in [-0.25, -0.2) is 0 Å². The summed E-state index contributed by atoms with van der Waals surface area (Å²) >= 11 is 0. The zero-order chi connectivity index (χ0) is 17.3. The van der Waals surface area contributed by atoms with Crippen LogP contribution in [0.15, 0.2) is 42.5 Å². The van der Waals surface area contributed by atoms with Gasteiger partial charge in [-0.3, -0.25) is 4.79 Å². The molecule has 3 N–H and O–H groups in total. The molecule has 126 valence electrons. The van der Waals surface area contributed by atoms with Crippen LogP contribution in [-0.4, -0.2) is 24.6 Å². The largest absolute Gasteiger partial charge is 0.487 e. The average Bonchev–Trinajstić information content (AvgIpc) is 2.56. The molecule has 24 heavy (non-hydrogen) atoms. The van der Waals surface area contributed by atoms with Gasteiger partial charge in [-0.2, -0.15) is 0 Å². The molecule has 0 radical (unpaired) electrons. The lowest BCUT2D eigenvalue weighted by Gasteiger charge is -2.38. The van der Waals surface area contributed by atoms with E-state index < -0.39 is 0 Å². The summed E-state index contributed by atoms with van der Waals surface area (Å²) in [6.07, 6.45) is 0.00911. The number of carbonyl (C=O) groups is 1. The van der Waals surface area contributed by atoms with Crippen LogP contribution in [0.4, 0.5) is 17.1 Å². The third kappa shape index (κ3) is 3.15. The number of aryl methyl sites for hydroxylation is 1. The summed E-state index contributed by atoms with van der Waals surface area (Å²) < 4.78 is 5.86. The molecule has 2 unspecified atom stereocenters. The van der Waals surface area contributed by atoms with Crippen LogP contribution < -0.4 is 20.7 Å². The minimum Gasteiger partial charge on any atom is -0.487 e. The summed E-state index contributed by atoms with van der Waals surface area (Å²) in [6.45, 7) is 6.52. The highest BCUT2D eigenvalue weighted by molar-refractivity contribution is 5.97. The number of benzene rings is 2. The van der Waals surface area contributed by atoms with E-state index in [9.17, 15) is 4.79 Å². The Morgan fingerprint density at radius 1 is 1.33 bits per heavy atom. The molecule has 3 rings (SSSR count). The van der Waals surface area contributed by atoms with Crippen molar-refractivity contribution in [2.75, 3.05) is 22.5 Å². The summed E-state index contributed by atoms with van der Waals surface area (Å²) in [7, 11) is 0. The monoisotopic (exact) mass is 325 g/mol. The van der Waals surface area contributed by atoms with Crippen molar-refractivity contribution in [3.05, 3.63) is 48.0 Å². The number of amides is 1. The van der Waals surface area contributed by atoms with Crippen molar-refractivity contribution in [1.29, 1.82) is 0 Å². The molecule has 5 heteroatoms. The Kier molecular flexibility index (Phi) is 4.34. The van der Waals surface area contributed by atoms with E-state index >= 15 is 0 Å². The molecule has 1 aliphatic rings. The first-order valence-electron chi connectivity index (χ1n) is 8.15. The first kappa shape index (κ1) is 16.2. The van der Waals surface area contributed by atoms with Gasteiger partial charge in [0.25, 0.3) is 0 Å². The molecule has 0 saturated carbocycles. The Morgan fingerprint density at radius 2 is 2.08 bits per heavy atom. The second-order valence-corrected chi connectivity index (χ2v) is 6.29. The molecular formula is C19H23N3O2. The predicted molar refractivity (Wildman–Crippen MR) is 97.6 cm³/mol. The maximum absolute atomic E-state index is 12.7. The van der Waals surface area contributed by atoms with Crippen molar-refractivity contribution in [2.24, 2.45) is 0 Å². The van der Waals surface area contributed by atoms with Gasteiger partial charge in [0.2, 0.25) is 5.91 Å². The number of fused-ring (bicyclic) bond motifs is 1. The third-order valence-corrected chi connectivity index (χ3v) is 4.32. The lowest BCUT2D eigenvalue weighted by molar-refractivity contribution is -0.117. The van der Waals surface area contributed by atoms with Crippen LogP contribution in [0.25, 0.3) is 0 Å². The van der Waals surface area contributed by atoms with Gasteiger partial charge in [0.05, 0.1) is 12.2 Å². The van der Waals surface area contributed by atoms with Gasteiger partial charge in [0.1, 0.15) is 17.9 Å². The molecule has 0 aliphatic carbocycles. The van der Waals surface area contributed by atoms with Crippen LogP contribution in [0.3, 0.4) is 0 Å². The van der Waals surface area contributed by atoms with Crippen molar-refractivity contribution < 1.29 is 9.53 Å². The minimum absolute atomic E-state index is 0.00911. The number of nitrogen functional groups attached to an aromatic ring is 1. The number of ether oxygens (including phenoxy) is 1. The van der Waals surface area contributed by atoms with E-state index in [4.69, 9.17) is 10.5 Å². The van der Waals surface area contributed by atoms with Crippen LogP contribution in [0, 0.1) is 6.92 Å². The molecule has 5 nitrogen and oxygen atoms in total. The van der Waals surface area contributed by atoms with Gasteiger partial charge in [-0.05, 0) is 50.6 Å². The standard InChI is InChI=1S/C19H23N3O2/c1-12-6-4-5-7-16(12)21-19(23)14(3)22-11-13(2)24-18-9-8-15(20)10-17(18)22/h4-10,13-14H,11,20H2,1-3H3,(H,21,23). The summed E-state index contributed by atoms with van der Waals surface area (Å²) in [4.78, 5) is 14.8. The third-order valence-electron chi connectivity index (χ3n) is 4.32. The van der Waals surface area contributed by atoms with E-state index in [2.05, 4.69) is 5.32 Å². The minimum atomic E-state index is -0.337. The van der Waals surface area contributed by atoms with Crippen LogP contribution in [0.2, 0.25) is 0 Å². The molecule has 1 amide bonds. The summed E-state index contributed by atoms with van der Waals surface area (Å²) in [5.41, 5.74) is 9.31. The molecule has 0 spiro atoms. The number of nitrogens with zero attached hydrogens (tertiary/aromatic N) is 1.